The molecule has 0 saturated carbocycles. The van der Waals surface area contributed by atoms with Gasteiger partial charge < -0.3 is 20.4 Å². The molecule has 98 valence electrons. The SMILES string of the molecule is C=C\C(O)=C/C=C(C)/C(O)=C(/C(C)=N)C(=O)OC. The summed E-state index contributed by atoms with van der Waals surface area (Å²) in [6, 6.07) is 0. The Morgan fingerprint density at radius 2 is 1.83 bits per heavy atom. The van der Waals surface area contributed by atoms with Crippen molar-refractivity contribution < 1.29 is 19.7 Å². The average Bonchev–Trinajstić information content (AvgIpc) is 2.34. The van der Waals surface area contributed by atoms with E-state index in [1.807, 2.05) is 0 Å². The van der Waals surface area contributed by atoms with Crippen LogP contribution in [0.4, 0.5) is 0 Å². The number of ether oxygens (including phenoxy) is 1. The molecular weight excluding hydrogens is 234 g/mol. The summed E-state index contributed by atoms with van der Waals surface area (Å²) >= 11 is 0. The van der Waals surface area contributed by atoms with E-state index in [1.54, 1.807) is 0 Å². The van der Waals surface area contributed by atoms with Crippen molar-refractivity contribution in [1.29, 1.82) is 5.41 Å². The highest BCUT2D eigenvalue weighted by atomic mass is 16.5. The van der Waals surface area contributed by atoms with E-state index in [-0.39, 0.29) is 22.8 Å². The van der Waals surface area contributed by atoms with Gasteiger partial charge in [-0.15, -0.1) is 0 Å². The number of hydrogen-bond acceptors (Lipinski definition) is 5. The fourth-order valence-corrected chi connectivity index (χ4v) is 1.08. The van der Waals surface area contributed by atoms with Crippen LogP contribution in [0.3, 0.4) is 0 Å². The Hall–Kier alpha value is -2.30. The normalized spacial score (nSPS) is 13.7. The van der Waals surface area contributed by atoms with Gasteiger partial charge in [-0.3, -0.25) is 0 Å². The Morgan fingerprint density at radius 3 is 2.22 bits per heavy atom. The molecular formula is C13H17NO4. The lowest BCUT2D eigenvalue weighted by Gasteiger charge is -2.07. The highest BCUT2D eigenvalue weighted by Gasteiger charge is 2.18. The van der Waals surface area contributed by atoms with Crippen molar-refractivity contribution in [3.05, 3.63) is 47.5 Å². The lowest BCUT2D eigenvalue weighted by atomic mass is 10.1. The summed E-state index contributed by atoms with van der Waals surface area (Å²) in [6.07, 6.45) is 3.94. The first-order valence-corrected chi connectivity index (χ1v) is 5.12. The zero-order chi connectivity index (χ0) is 14.3. The highest BCUT2D eigenvalue weighted by molar-refractivity contribution is 6.18. The lowest BCUT2D eigenvalue weighted by molar-refractivity contribution is -0.135. The largest absolute Gasteiger partial charge is 0.508 e. The molecule has 0 saturated heterocycles. The summed E-state index contributed by atoms with van der Waals surface area (Å²) < 4.78 is 4.49. The van der Waals surface area contributed by atoms with Crippen molar-refractivity contribution in [3.63, 3.8) is 0 Å². The first-order valence-electron chi connectivity index (χ1n) is 5.12. The molecule has 0 bridgehead atoms. The maximum atomic E-state index is 11.4. The molecule has 0 amide bonds. The average molecular weight is 251 g/mol. The van der Waals surface area contributed by atoms with Crippen LogP contribution in [0.2, 0.25) is 0 Å². The lowest BCUT2D eigenvalue weighted by Crippen LogP contribution is -2.14. The summed E-state index contributed by atoms with van der Waals surface area (Å²) in [5.74, 6) is -1.22. The van der Waals surface area contributed by atoms with Crippen LogP contribution in [0.1, 0.15) is 13.8 Å². The molecule has 3 N–H and O–H groups in total. The van der Waals surface area contributed by atoms with Crippen LogP contribution in [0.25, 0.3) is 0 Å². The maximum absolute atomic E-state index is 11.4. The van der Waals surface area contributed by atoms with E-state index in [9.17, 15) is 9.90 Å². The van der Waals surface area contributed by atoms with E-state index in [4.69, 9.17) is 10.5 Å². The van der Waals surface area contributed by atoms with Crippen LogP contribution in [0.5, 0.6) is 0 Å². The molecule has 0 rings (SSSR count). The Morgan fingerprint density at radius 1 is 1.28 bits per heavy atom. The minimum absolute atomic E-state index is 0.0756. The minimum atomic E-state index is -0.787. The third-order valence-electron chi connectivity index (χ3n) is 2.09. The van der Waals surface area contributed by atoms with Gasteiger partial charge in [-0.1, -0.05) is 12.7 Å². The van der Waals surface area contributed by atoms with Gasteiger partial charge in [-0.05, 0) is 31.6 Å². The molecule has 0 aromatic carbocycles. The Bertz CT molecular complexity index is 456. The van der Waals surface area contributed by atoms with Crippen molar-refractivity contribution in [1.82, 2.24) is 0 Å². The number of methoxy groups -OCH3 is 1. The highest BCUT2D eigenvalue weighted by Crippen LogP contribution is 2.14. The monoisotopic (exact) mass is 251 g/mol. The van der Waals surface area contributed by atoms with Gasteiger partial charge in [-0.25, -0.2) is 4.79 Å². The van der Waals surface area contributed by atoms with Gasteiger partial charge in [0, 0.05) is 5.71 Å². The standard InChI is InChI=1S/C13H17NO4/c1-5-10(15)7-6-8(2)12(16)11(9(3)14)13(17)18-4/h5-7,14-16H,1H2,2-4H3/b8-6+,10-7+,12-11+,14-9?. The first kappa shape index (κ1) is 15.7. The number of allylic oxidation sites excluding steroid dienone is 4. The molecule has 0 aromatic rings. The zero-order valence-corrected chi connectivity index (χ0v) is 10.7. The number of aliphatic hydroxyl groups excluding tert-OH is 2. The van der Waals surface area contributed by atoms with Crippen LogP contribution < -0.4 is 0 Å². The topological polar surface area (TPSA) is 90.6 Å². The van der Waals surface area contributed by atoms with Crippen LogP contribution >= 0.6 is 0 Å². The van der Waals surface area contributed by atoms with Crippen LogP contribution in [-0.4, -0.2) is 29.0 Å². The number of esters is 1. The van der Waals surface area contributed by atoms with Crippen molar-refractivity contribution >= 4 is 11.7 Å². The quantitative estimate of drug-likeness (QED) is 0.230. The summed E-state index contributed by atoms with van der Waals surface area (Å²) in [6.45, 7) is 6.26. The molecule has 0 spiro atoms. The van der Waals surface area contributed by atoms with Gasteiger partial charge in [0.2, 0.25) is 0 Å². The summed E-state index contributed by atoms with van der Waals surface area (Å²) in [4.78, 5) is 11.4. The molecule has 0 aliphatic heterocycles. The second-order valence-electron chi connectivity index (χ2n) is 3.49. The van der Waals surface area contributed by atoms with Crippen LogP contribution in [0.15, 0.2) is 47.5 Å². The fourth-order valence-electron chi connectivity index (χ4n) is 1.08. The number of rotatable bonds is 5. The summed E-state index contributed by atoms with van der Waals surface area (Å²) in [5.41, 5.74) is -0.00262. The van der Waals surface area contributed by atoms with Gasteiger partial charge in [0.1, 0.15) is 17.1 Å². The Kier molecular flexibility index (Phi) is 6.20. The third kappa shape index (κ3) is 4.29. The van der Waals surface area contributed by atoms with E-state index < -0.39 is 5.97 Å². The number of carbonyl (C=O) groups is 1. The van der Waals surface area contributed by atoms with E-state index in [0.29, 0.717) is 5.57 Å². The fraction of sp³-hybridized carbons (Fsp3) is 0.231. The van der Waals surface area contributed by atoms with Crippen LogP contribution in [-0.2, 0) is 9.53 Å². The van der Waals surface area contributed by atoms with E-state index in [2.05, 4.69) is 11.3 Å². The second kappa shape index (κ2) is 7.11. The summed E-state index contributed by atoms with van der Waals surface area (Å²) in [5, 5.41) is 26.5. The minimum Gasteiger partial charge on any atom is -0.508 e. The smallest absolute Gasteiger partial charge is 0.343 e. The number of aliphatic hydroxyl groups is 2. The van der Waals surface area contributed by atoms with E-state index in [1.165, 1.54) is 39.2 Å². The van der Waals surface area contributed by atoms with Crippen molar-refractivity contribution in [3.8, 4) is 0 Å². The molecule has 0 heterocycles. The molecule has 18 heavy (non-hydrogen) atoms. The molecule has 0 fully saturated rings. The van der Waals surface area contributed by atoms with Crippen molar-refractivity contribution in [2.45, 2.75) is 13.8 Å². The molecule has 5 heteroatoms. The number of nitrogens with one attached hydrogen (secondary N) is 1. The van der Waals surface area contributed by atoms with Crippen LogP contribution in [0, 0.1) is 5.41 Å². The van der Waals surface area contributed by atoms with E-state index >= 15 is 0 Å². The van der Waals surface area contributed by atoms with Gasteiger partial charge in [-0.2, -0.15) is 0 Å². The predicted octanol–water partition coefficient (Wildman–Crippen LogP) is 2.59. The Labute approximate surface area is 106 Å². The van der Waals surface area contributed by atoms with Crippen molar-refractivity contribution in [2.24, 2.45) is 0 Å². The van der Waals surface area contributed by atoms with Crippen molar-refractivity contribution in [2.75, 3.05) is 7.11 Å². The Balaban J connectivity index is 5.54. The molecule has 0 aliphatic carbocycles. The van der Waals surface area contributed by atoms with Gasteiger partial charge >= 0.3 is 5.97 Å². The zero-order valence-electron chi connectivity index (χ0n) is 10.7. The molecule has 5 nitrogen and oxygen atoms in total. The van der Waals surface area contributed by atoms with Gasteiger partial charge in [0.05, 0.1) is 7.11 Å². The molecule has 0 aromatic heterocycles. The number of carbonyl (C=O) groups excluding carboxylic acids is 1. The molecule has 0 aliphatic rings. The first-order chi connectivity index (χ1) is 8.34. The van der Waals surface area contributed by atoms with E-state index in [0.717, 1.165) is 0 Å². The molecule has 0 unspecified atom stereocenters. The molecule has 0 radical (unpaired) electrons. The van der Waals surface area contributed by atoms with Gasteiger partial charge in [0.15, 0.2) is 0 Å². The third-order valence-corrected chi connectivity index (χ3v) is 2.09. The second-order valence-corrected chi connectivity index (χ2v) is 3.49. The van der Waals surface area contributed by atoms with Gasteiger partial charge in [0.25, 0.3) is 0 Å². The predicted molar refractivity (Wildman–Crippen MR) is 69.7 cm³/mol. The molecule has 0 atom stereocenters. The maximum Gasteiger partial charge on any atom is 0.343 e. The number of hydrogen-bond donors (Lipinski definition) is 3. The summed E-state index contributed by atoms with van der Waals surface area (Å²) in [7, 11) is 1.17.